The number of carbonyl (C=O) groups is 3. The number of imidazole rings is 2. The van der Waals surface area contributed by atoms with Crippen LogP contribution in [0.4, 0.5) is 4.79 Å². The Hall–Kier alpha value is -6.87. The number of ether oxygens (including phenoxy) is 1. The van der Waals surface area contributed by atoms with Crippen LogP contribution in [0.5, 0.6) is 0 Å². The number of aromatic amines is 2. The SMILES string of the molecule is COOC=N[C@@H](C(=O)N1[C@H](c2nc3ncc(-c4ccc(-c5cnc([C@@H]6C[C@@H]7CCCC[C@@H]7N6C(=O)[C@@H](NC(=O)OC)c6ccccc6)[nH]5)cc4)cc3[nH]2)C[C@@H]2CCCC[C@@H]21)c1ccccc1. The van der Waals surface area contributed by atoms with E-state index in [1.807, 2.05) is 82.9 Å². The molecule has 6 aromatic rings. The minimum atomic E-state index is -0.892. The second-order valence-electron chi connectivity index (χ2n) is 18.0. The molecule has 2 aliphatic carbocycles. The van der Waals surface area contributed by atoms with Gasteiger partial charge in [0.25, 0.3) is 11.8 Å². The lowest BCUT2D eigenvalue weighted by molar-refractivity contribution is -0.188. The minimum Gasteiger partial charge on any atom is -0.453 e. The normalized spacial score (nSPS) is 23.6. The summed E-state index contributed by atoms with van der Waals surface area (Å²) in [5, 5.41) is 2.81. The number of amides is 3. The van der Waals surface area contributed by atoms with E-state index in [2.05, 4.69) is 50.6 Å². The van der Waals surface area contributed by atoms with Crippen LogP contribution >= 0.6 is 0 Å². The van der Waals surface area contributed by atoms with E-state index in [0.29, 0.717) is 23.0 Å². The summed E-state index contributed by atoms with van der Waals surface area (Å²) in [6.45, 7) is 0. The maximum atomic E-state index is 14.7. The average Bonchev–Trinajstić information content (AvgIpc) is 4.18. The van der Waals surface area contributed by atoms with Crippen LogP contribution in [-0.2, 0) is 24.1 Å². The van der Waals surface area contributed by atoms with Crippen molar-refractivity contribution < 1.29 is 28.9 Å². The highest BCUT2D eigenvalue weighted by molar-refractivity contribution is 5.88. The number of alkyl carbamates (subject to hydrolysis) is 1. The van der Waals surface area contributed by atoms with Gasteiger partial charge in [-0.05, 0) is 78.7 Å². The zero-order valence-corrected chi connectivity index (χ0v) is 37.2. The molecule has 0 spiro atoms. The third-order valence-electron chi connectivity index (χ3n) is 14.3. The molecule has 10 rings (SSSR count). The molecule has 3 aromatic carbocycles. The maximum Gasteiger partial charge on any atom is 0.407 e. The molecule has 8 atom stereocenters. The van der Waals surface area contributed by atoms with Gasteiger partial charge in [-0.15, -0.1) is 0 Å². The van der Waals surface area contributed by atoms with Gasteiger partial charge in [0.05, 0.1) is 43.7 Å². The van der Waals surface area contributed by atoms with E-state index < -0.39 is 18.2 Å². The molecule has 340 valence electrons. The number of hydrogen-bond donors (Lipinski definition) is 3. The Balaban J connectivity index is 0.891. The number of nitrogens with zero attached hydrogens (tertiary/aromatic N) is 6. The van der Waals surface area contributed by atoms with Crippen LogP contribution in [0.3, 0.4) is 0 Å². The van der Waals surface area contributed by atoms with Gasteiger partial charge in [0, 0.05) is 23.8 Å². The Morgan fingerprint density at radius 3 is 2.00 bits per heavy atom. The number of likely N-dealkylation sites (tertiary alicyclic amines) is 2. The van der Waals surface area contributed by atoms with Crippen molar-refractivity contribution in [3.63, 3.8) is 0 Å². The van der Waals surface area contributed by atoms with Crippen molar-refractivity contribution in [1.29, 1.82) is 0 Å². The van der Waals surface area contributed by atoms with E-state index in [0.717, 1.165) is 109 Å². The number of methoxy groups -OCH3 is 1. The molecule has 0 bridgehead atoms. The first-order valence-corrected chi connectivity index (χ1v) is 23.2. The number of fused-ring (bicyclic) bond motifs is 3. The molecular formula is C51H55N9O6. The minimum absolute atomic E-state index is 0.0592. The van der Waals surface area contributed by atoms with Crippen LogP contribution in [0, 0.1) is 11.8 Å². The summed E-state index contributed by atoms with van der Waals surface area (Å²) < 4.78 is 4.95. The van der Waals surface area contributed by atoms with E-state index in [-0.39, 0.29) is 36.0 Å². The molecule has 5 heterocycles. The summed E-state index contributed by atoms with van der Waals surface area (Å²) in [5.74, 6) is 1.93. The van der Waals surface area contributed by atoms with Crippen LogP contribution in [0.2, 0.25) is 0 Å². The van der Waals surface area contributed by atoms with Crippen molar-refractivity contribution in [3.05, 3.63) is 126 Å². The smallest absolute Gasteiger partial charge is 0.407 e. The fourth-order valence-corrected chi connectivity index (χ4v) is 11.2. The van der Waals surface area contributed by atoms with Crippen molar-refractivity contribution in [2.24, 2.45) is 16.8 Å². The molecular weight excluding hydrogens is 835 g/mol. The van der Waals surface area contributed by atoms with E-state index in [9.17, 15) is 14.4 Å². The summed E-state index contributed by atoms with van der Waals surface area (Å²) in [6, 6.07) is 27.2. The number of aliphatic imine (C=N–C) groups is 1. The first-order chi connectivity index (χ1) is 32.4. The van der Waals surface area contributed by atoms with Gasteiger partial charge in [-0.3, -0.25) is 9.59 Å². The average molecular weight is 890 g/mol. The van der Waals surface area contributed by atoms with Gasteiger partial charge in [0.2, 0.25) is 6.40 Å². The molecule has 15 nitrogen and oxygen atoms in total. The summed E-state index contributed by atoms with van der Waals surface area (Å²) in [4.78, 5) is 81.9. The van der Waals surface area contributed by atoms with Crippen LogP contribution in [-0.4, -0.2) is 85.3 Å². The fraction of sp³-hybridized carbons (Fsp3) is 0.392. The topological polar surface area (TPSA) is 180 Å². The van der Waals surface area contributed by atoms with E-state index in [4.69, 9.17) is 29.5 Å². The summed E-state index contributed by atoms with van der Waals surface area (Å²) in [7, 11) is 2.71. The molecule has 2 saturated heterocycles. The Bertz CT molecular complexity index is 2690. The Morgan fingerprint density at radius 2 is 1.33 bits per heavy atom. The van der Waals surface area contributed by atoms with Crippen molar-refractivity contribution >= 4 is 35.5 Å². The lowest BCUT2D eigenvalue weighted by atomic mass is 9.84. The van der Waals surface area contributed by atoms with Gasteiger partial charge in [0.1, 0.15) is 17.7 Å². The number of benzene rings is 3. The highest BCUT2D eigenvalue weighted by Gasteiger charge is 2.49. The Kier molecular flexibility index (Phi) is 12.3. The third kappa shape index (κ3) is 8.43. The largest absolute Gasteiger partial charge is 0.453 e. The maximum absolute atomic E-state index is 14.7. The fourth-order valence-electron chi connectivity index (χ4n) is 11.2. The molecule has 3 aromatic heterocycles. The van der Waals surface area contributed by atoms with Gasteiger partial charge in [-0.25, -0.2) is 24.7 Å². The quantitative estimate of drug-likeness (QED) is 0.0468. The van der Waals surface area contributed by atoms with Crippen molar-refractivity contribution in [3.8, 4) is 22.4 Å². The third-order valence-corrected chi connectivity index (χ3v) is 14.3. The van der Waals surface area contributed by atoms with Crippen LogP contribution in [0.15, 0.2) is 108 Å². The predicted molar refractivity (Wildman–Crippen MR) is 247 cm³/mol. The van der Waals surface area contributed by atoms with Gasteiger partial charge in [0.15, 0.2) is 11.7 Å². The summed E-state index contributed by atoms with van der Waals surface area (Å²) >= 11 is 0. The number of carbonyl (C=O) groups excluding carboxylic acids is 3. The molecule has 3 N–H and O–H groups in total. The molecule has 3 amide bonds. The zero-order valence-electron chi connectivity index (χ0n) is 37.2. The van der Waals surface area contributed by atoms with Crippen LogP contribution in [0.25, 0.3) is 33.5 Å². The molecule has 2 saturated carbocycles. The number of hydrogen-bond acceptors (Lipinski definition) is 10. The molecule has 4 aliphatic rings. The monoisotopic (exact) mass is 889 g/mol. The summed E-state index contributed by atoms with van der Waals surface area (Å²) in [6.07, 6.45) is 14.2. The van der Waals surface area contributed by atoms with Crippen LogP contribution < -0.4 is 5.32 Å². The van der Waals surface area contributed by atoms with E-state index >= 15 is 0 Å². The standard InChI is InChI=1S/C51H55N9O6/c1-64-51(63)57-45(34-15-7-4-8-16-34)50(62)59-40-19-11-9-17-35(40)26-42(59)47-53-29-39(56-47)32-23-21-31(22-24-32)37-25-38-46(52-28-37)58-48(55-38)43-27-36-18-10-12-20-41(36)60(43)49(61)44(54-30-66-65-2)33-13-5-3-6-14-33/h3-8,13-16,21-25,28-30,35-36,40-45H,9-12,17-20,26-27H2,1-2H3,(H,53,56)(H,57,63)(H,52,55,58)/t35-,36-,40-,41-,42-,43-,44+,45-/m0/s1. The summed E-state index contributed by atoms with van der Waals surface area (Å²) in [5.41, 5.74) is 6.58. The Morgan fingerprint density at radius 1 is 0.712 bits per heavy atom. The Labute approximate surface area is 383 Å². The number of pyridine rings is 1. The molecule has 0 radical (unpaired) electrons. The number of rotatable bonds is 12. The second kappa shape index (κ2) is 18.9. The highest BCUT2D eigenvalue weighted by atomic mass is 17.2. The molecule has 66 heavy (non-hydrogen) atoms. The van der Waals surface area contributed by atoms with Crippen molar-refractivity contribution in [2.45, 2.75) is 100 Å². The first-order valence-electron chi connectivity index (χ1n) is 23.2. The molecule has 4 fully saturated rings. The van der Waals surface area contributed by atoms with Crippen LogP contribution in [0.1, 0.15) is 111 Å². The van der Waals surface area contributed by atoms with Crippen molar-refractivity contribution in [1.82, 2.24) is 40.0 Å². The highest BCUT2D eigenvalue weighted by Crippen LogP contribution is 2.49. The predicted octanol–water partition coefficient (Wildman–Crippen LogP) is 9.12. The van der Waals surface area contributed by atoms with Crippen molar-refractivity contribution in [2.75, 3.05) is 14.2 Å². The van der Waals surface area contributed by atoms with E-state index in [1.54, 1.807) is 0 Å². The van der Waals surface area contributed by atoms with E-state index in [1.165, 1.54) is 20.6 Å². The van der Waals surface area contributed by atoms with Gasteiger partial charge in [-0.1, -0.05) is 111 Å². The van der Waals surface area contributed by atoms with Gasteiger partial charge in [-0.2, -0.15) is 4.89 Å². The zero-order chi connectivity index (χ0) is 45.1. The molecule has 15 heteroatoms. The van der Waals surface area contributed by atoms with Gasteiger partial charge < -0.3 is 34.7 Å². The number of aromatic nitrogens is 5. The lowest BCUT2D eigenvalue weighted by Gasteiger charge is -2.36. The molecule has 0 unspecified atom stereocenters. The second-order valence-corrected chi connectivity index (χ2v) is 18.0. The van der Waals surface area contributed by atoms with Gasteiger partial charge >= 0.3 is 6.09 Å². The first kappa shape index (κ1) is 43.0. The molecule has 2 aliphatic heterocycles. The lowest BCUT2D eigenvalue weighted by Crippen LogP contribution is -2.47. The number of H-pyrrole nitrogens is 2. The number of nitrogens with one attached hydrogen (secondary N) is 3.